The van der Waals surface area contributed by atoms with Gasteiger partial charge in [0.1, 0.15) is 5.00 Å². The van der Waals surface area contributed by atoms with Crippen LogP contribution in [0.25, 0.3) is 0 Å². The molecular weight excluding hydrogens is 593 g/mol. The standard InChI is InChI=1S/C28H25Cl2N3O7S/c1-3-39-28(37)23-18-6-4-5-7-22(18)41-26(23)32-24(34)25(35)33-31-14-15-8-11-20(21(12-15)38-2)40-27(36)17-10-9-16(29)13-19(17)30/h8-14H,3-7H2,1-2H3,(H,32,34)(H,33,35). The molecule has 10 nitrogen and oxygen atoms in total. The largest absolute Gasteiger partial charge is 0.493 e. The molecule has 1 heterocycles. The van der Waals surface area contributed by atoms with Crippen LogP contribution in [0.5, 0.6) is 11.5 Å². The summed E-state index contributed by atoms with van der Waals surface area (Å²) in [7, 11) is 1.39. The van der Waals surface area contributed by atoms with Crippen molar-refractivity contribution in [1.82, 2.24) is 5.43 Å². The zero-order valence-electron chi connectivity index (χ0n) is 22.0. The summed E-state index contributed by atoms with van der Waals surface area (Å²) in [5.41, 5.74) is 3.94. The number of esters is 2. The number of nitrogens with one attached hydrogen (secondary N) is 2. The average molecular weight is 618 g/mol. The first-order chi connectivity index (χ1) is 19.7. The van der Waals surface area contributed by atoms with E-state index in [4.69, 9.17) is 37.4 Å². The van der Waals surface area contributed by atoms with Crippen molar-refractivity contribution in [3.05, 3.63) is 73.6 Å². The molecule has 0 saturated carbocycles. The lowest BCUT2D eigenvalue weighted by molar-refractivity contribution is -0.136. The van der Waals surface area contributed by atoms with E-state index < -0.39 is 23.8 Å². The van der Waals surface area contributed by atoms with Crippen molar-refractivity contribution in [2.45, 2.75) is 32.6 Å². The molecule has 1 aromatic heterocycles. The number of hydrazone groups is 1. The van der Waals surface area contributed by atoms with Crippen molar-refractivity contribution in [1.29, 1.82) is 0 Å². The van der Waals surface area contributed by atoms with Gasteiger partial charge in [-0.05, 0) is 80.1 Å². The Morgan fingerprint density at radius 1 is 1.00 bits per heavy atom. The number of aryl methyl sites for hydroxylation is 1. The number of thiophene rings is 1. The van der Waals surface area contributed by atoms with E-state index >= 15 is 0 Å². The minimum Gasteiger partial charge on any atom is -0.493 e. The Morgan fingerprint density at radius 2 is 1.78 bits per heavy atom. The SMILES string of the molecule is CCOC(=O)c1c(NC(=O)C(=O)NN=Cc2ccc(OC(=O)c3ccc(Cl)cc3Cl)c(OC)c2)sc2c1CCCC2. The zero-order chi connectivity index (χ0) is 29.5. The van der Waals surface area contributed by atoms with E-state index in [1.807, 2.05) is 0 Å². The van der Waals surface area contributed by atoms with Crippen LogP contribution in [0.4, 0.5) is 5.00 Å². The molecule has 41 heavy (non-hydrogen) atoms. The third-order valence-electron chi connectivity index (χ3n) is 6.01. The van der Waals surface area contributed by atoms with Crippen molar-refractivity contribution in [3.8, 4) is 11.5 Å². The molecule has 2 aromatic carbocycles. The van der Waals surface area contributed by atoms with E-state index in [1.165, 1.54) is 55.0 Å². The number of amides is 2. The number of hydrogen-bond donors (Lipinski definition) is 2. The molecule has 0 spiro atoms. The van der Waals surface area contributed by atoms with E-state index in [2.05, 4.69) is 15.8 Å². The molecule has 214 valence electrons. The number of anilines is 1. The number of hydrogen-bond acceptors (Lipinski definition) is 9. The summed E-state index contributed by atoms with van der Waals surface area (Å²) >= 11 is 13.2. The summed E-state index contributed by atoms with van der Waals surface area (Å²) in [6.45, 7) is 1.89. The predicted molar refractivity (Wildman–Crippen MR) is 156 cm³/mol. The quantitative estimate of drug-likeness (QED) is 0.113. The van der Waals surface area contributed by atoms with Gasteiger partial charge in [0.25, 0.3) is 0 Å². The number of nitrogens with zero attached hydrogens (tertiary/aromatic N) is 1. The summed E-state index contributed by atoms with van der Waals surface area (Å²) in [6, 6.07) is 8.95. The zero-order valence-corrected chi connectivity index (χ0v) is 24.4. The molecule has 0 atom stereocenters. The van der Waals surface area contributed by atoms with E-state index in [1.54, 1.807) is 13.0 Å². The van der Waals surface area contributed by atoms with Crippen molar-refractivity contribution in [3.63, 3.8) is 0 Å². The fraction of sp³-hybridized carbons (Fsp3) is 0.250. The molecule has 2 N–H and O–H groups in total. The second kappa shape index (κ2) is 13.6. The summed E-state index contributed by atoms with van der Waals surface area (Å²) in [5.74, 6) is -2.90. The second-order valence-electron chi connectivity index (χ2n) is 8.71. The maximum atomic E-state index is 12.6. The summed E-state index contributed by atoms with van der Waals surface area (Å²) in [6.07, 6.45) is 4.72. The lowest BCUT2D eigenvalue weighted by atomic mass is 9.95. The van der Waals surface area contributed by atoms with E-state index in [9.17, 15) is 19.2 Å². The van der Waals surface area contributed by atoms with Crippen molar-refractivity contribution < 1.29 is 33.4 Å². The van der Waals surface area contributed by atoms with Crippen molar-refractivity contribution in [2.24, 2.45) is 5.10 Å². The predicted octanol–water partition coefficient (Wildman–Crippen LogP) is 5.43. The van der Waals surface area contributed by atoms with Gasteiger partial charge in [-0.15, -0.1) is 11.3 Å². The normalized spacial score (nSPS) is 12.4. The third kappa shape index (κ3) is 7.24. The molecule has 4 rings (SSSR count). The number of carbonyl (C=O) groups is 4. The number of methoxy groups -OCH3 is 1. The highest BCUT2D eigenvalue weighted by molar-refractivity contribution is 7.17. The maximum Gasteiger partial charge on any atom is 0.345 e. The molecule has 1 aliphatic carbocycles. The number of fused-ring (bicyclic) bond motifs is 1. The first-order valence-corrected chi connectivity index (χ1v) is 14.1. The lowest BCUT2D eigenvalue weighted by Gasteiger charge is -2.12. The monoisotopic (exact) mass is 617 g/mol. The van der Waals surface area contributed by atoms with Crippen LogP contribution in [0.2, 0.25) is 10.0 Å². The number of carbonyl (C=O) groups excluding carboxylic acids is 4. The smallest absolute Gasteiger partial charge is 0.345 e. The van der Waals surface area contributed by atoms with Crippen LogP contribution in [-0.2, 0) is 27.2 Å². The Morgan fingerprint density at radius 3 is 2.51 bits per heavy atom. The molecule has 0 saturated heterocycles. The van der Waals surface area contributed by atoms with Crippen LogP contribution in [0.15, 0.2) is 41.5 Å². The van der Waals surface area contributed by atoms with Crippen LogP contribution in [0.3, 0.4) is 0 Å². The Bertz CT molecular complexity index is 1540. The number of rotatable bonds is 8. The molecule has 1 aliphatic rings. The van der Waals surface area contributed by atoms with Gasteiger partial charge in [0.05, 0.1) is 36.1 Å². The van der Waals surface area contributed by atoms with Crippen molar-refractivity contribution in [2.75, 3.05) is 19.0 Å². The van der Waals surface area contributed by atoms with E-state index in [-0.39, 0.29) is 33.7 Å². The Kier molecular flexibility index (Phi) is 9.98. The molecule has 0 bridgehead atoms. The fourth-order valence-electron chi connectivity index (χ4n) is 4.11. The molecule has 0 radical (unpaired) electrons. The van der Waals surface area contributed by atoms with Crippen LogP contribution < -0.4 is 20.2 Å². The minimum absolute atomic E-state index is 0.125. The van der Waals surface area contributed by atoms with Crippen LogP contribution in [0.1, 0.15) is 56.5 Å². The maximum absolute atomic E-state index is 12.6. The topological polar surface area (TPSA) is 132 Å². The summed E-state index contributed by atoms with van der Waals surface area (Å²) in [4.78, 5) is 51.1. The Balaban J connectivity index is 1.40. The third-order valence-corrected chi connectivity index (χ3v) is 7.76. The lowest BCUT2D eigenvalue weighted by Crippen LogP contribution is -2.32. The van der Waals surface area contributed by atoms with Gasteiger partial charge in [0.2, 0.25) is 0 Å². The molecule has 0 unspecified atom stereocenters. The first-order valence-electron chi connectivity index (χ1n) is 12.5. The highest BCUT2D eigenvalue weighted by Gasteiger charge is 2.28. The number of halogens is 2. The average Bonchev–Trinajstić information content (AvgIpc) is 3.31. The molecule has 0 fully saturated rings. The first kappa shape index (κ1) is 30.0. The van der Waals surface area contributed by atoms with Gasteiger partial charge < -0.3 is 19.5 Å². The number of benzene rings is 2. The molecule has 0 aliphatic heterocycles. The van der Waals surface area contributed by atoms with Gasteiger partial charge in [-0.25, -0.2) is 15.0 Å². The molecule has 13 heteroatoms. The fourth-order valence-corrected chi connectivity index (χ4v) is 5.87. The van der Waals surface area contributed by atoms with Gasteiger partial charge in [0.15, 0.2) is 11.5 Å². The second-order valence-corrected chi connectivity index (χ2v) is 10.7. The Labute approximate surface area is 249 Å². The number of ether oxygens (including phenoxy) is 3. The van der Waals surface area contributed by atoms with Gasteiger partial charge in [-0.2, -0.15) is 5.10 Å². The van der Waals surface area contributed by atoms with Gasteiger partial charge in [-0.1, -0.05) is 23.2 Å². The summed E-state index contributed by atoms with van der Waals surface area (Å²) in [5, 5.41) is 7.16. The highest BCUT2D eigenvalue weighted by Crippen LogP contribution is 2.38. The molecule has 3 aromatic rings. The molecular formula is C28H25Cl2N3O7S. The minimum atomic E-state index is -1.03. The van der Waals surface area contributed by atoms with Crippen LogP contribution in [0, 0.1) is 0 Å². The highest BCUT2D eigenvalue weighted by atomic mass is 35.5. The van der Waals surface area contributed by atoms with Gasteiger partial charge in [-0.3, -0.25) is 9.59 Å². The molecule has 2 amide bonds. The summed E-state index contributed by atoms with van der Waals surface area (Å²) < 4.78 is 15.9. The van der Waals surface area contributed by atoms with Crippen LogP contribution >= 0.6 is 34.5 Å². The van der Waals surface area contributed by atoms with E-state index in [0.29, 0.717) is 22.6 Å². The van der Waals surface area contributed by atoms with Gasteiger partial charge >= 0.3 is 23.8 Å². The van der Waals surface area contributed by atoms with E-state index in [0.717, 1.165) is 29.7 Å². The van der Waals surface area contributed by atoms with Crippen molar-refractivity contribution >= 4 is 69.5 Å². The Hall–Kier alpha value is -3.93. The van der Waals surface area contributed by atoms with Gasteiger partial charge in [0, 0.05) is 9.90 Å². The van der Waals surface area contributed by atoms with Crippen LogP contribution in [-0.4, -0.2) is 43.7 Å².